The van der Waals surface area contributed by atoms with E-state index in [0.717, 1.165) is 23.4 Å². The van der Waals surface area contributed by atoms with Gasteiger partial charge >= 0.3 is 5.97 Å². The molecular weight excluding hydrogens is 266 g/mol. The van der Waals surface area contributed by atoms with Gasteiger partial charge in [-0.25, -0.2) is 4.79 Å². The van der Waals surface area contributed by atoms with Crippen molar-refractivity contribution in [3.8, 4) is 5.69 Å². The van der Waals surface area contributed by atoms with Gasteiger partial charge in [0.25, 0.3) is 0 Å². The van der Waals surface area contributed by atoms with Crippen LogP contribution >= 0.6 is 11.6 Å². The second kappa shape index (κ2) is 4.90. The Bertz CT molecular complexity index is 674. The molecule has 2 aromatic rings. The van der Waals surface area contributed by atoms with Crippen LogP contribution < -0.4 is 0 Å². The lowest BCUT2D eigenvalue weighted by molar-refractivity contribution is 0.0697. The minimum Gasteiger partial charge on any atom is -0.478 e. The second-order valence-electron chi connectivity index (χ2n) is 4.25. The van der Waals surface area contributed by atoms with Crippen LogP contribution in [0.1, 0.15) is 32.1 Å². The maximum Gasteiger partial charge on any atom is 0.337 e. The van der Waals surface area contributed by atoms with Crippen molar-refractivity contribution >= 4 is 23.9 Å². The zero-order chi connectivity index (χ0) is 14.2. The third-order valence-electron chi connectivity index (χ3n) is 3.04. The first kappa shape index (κ1) is 13.4. The Labute approximate surface area is 115 Å². The first-order valence-electron chi connectivity index (χ1n) is 5.63. The Hall–Kier alpha value is -2.07. The standard InChI is InChI=1S/C14H12ClNO3/c1-8-5-10(7-17)9(2)16(8)11-3-4-12(14(18)19)13(15)6-11/h3-7H,1-2H3,(H,18,19). The summed E-state index contributed by atoms with van der Waals surface area (Å²) in [6, 6.07) is 6.49. The van der Waals surface area contributed by atoms with Gasteiger partial charge < -0.3 is 9.67 Å². The van der Waals surface area contributed by atoms with E-state index >= 15 is 0 Å². The molecule has 2 rings (SSSR count). The summed E-state index contributed by atoms with van der Waals surface area (Å²) < 4.78 is 1.86. The van der Waals surface area contributed by atoms with E-state index in [0.29, 0.717) is 5.56 Å². The molecule has 0 bridgehead atoms. The Balaban J connectivity index is 2.60. The number of aromatic nitrogens is 1. The molecule has 1 heterocycles. The summed E-state index contributed by atoms with van der Waals surface area (Å²) in [6.07, 6.45) is 0.798. The second-order valence-corrected chi connectivity index (χ2v) is 4.66. The van der Waals surface area contributed by atoms with Crippen LogP contribution in [0.15, 0.2) is 24.3 Å². The SMILES string of the molecule is Cc1cc(C=O)c(C)n1-c1ccc(C(=O)O)c(Cl)c1. The van der Waals surface area contributed by atoms with Crippen molar-refractivity contribution < 1.29 is 14.7 Å². The number of aryl methyl sites for hydroxylation is 1. The topological polar surface area (TPSA) is 59.3 Å². The summed E-state index contributed by atoms with van der Waals surface area (Å²) in [4.78, 5) is 21.8. The van der Waals surface area contributed by atoms with E-state index in [1.807, 2.05) is 18.4 Å². The average Bonchev–Trinajstić information content (AvgIpc) is 2.63. The highest BCUT2D eigenvalue weighted by molar-refractivity contribution is 6.33. The molecule has 0 spiro atoms. The summed E-state index contributed by atoms with van der Waals surface area (Å²) in [5.41, 5.74) is 3.09. The number of hydrogen-bond donors (Lipinski definition) is 1. The number of aromatic carboxylic acids is 1. The molecule has 0 fully saturated rings. The van der Waals surface area contributed by atoms with E-state index in [1.54, 1.807) is 18.2 Å². The summed E-state index contributed by atoms with van der Waals surface area (Å²) in [5, 5.41) is 9.11. The normalized spacial score (nSPS) is 10.5. The van der Waals surface area contributed by atoms with Gasteiger partial charge in [0, 0.05) is 22.6 Å². The van der Waals surface area contributed by atoms with Gasteiger partial charge in [-0.2, -0.15) is 0 Å². The third kappa shape index (κ3) is 2.27. The lowest BCUT2D eigenvalue weighted by atomic mass is 10.2. The maximum absolute atomic E-state index is 10.9. The van der Waals surface area contributed by atoms with E-state index in [1.165, 1.54) is 6.07 Å². The number of hydrogen-bond acceptors (Lipinski definition) is 2. The van der Waals surface area contributed by atoms with E-state index < -0.39 is 5.97 Å². The molecule has 0 atom stereocenters. The Morgan fingerprint density at radius 1 is 1.32 bits per heavy atom. The molecule has 19 heavy (non-hydrogen) atoms. The Morgan fingerprint density at radius 2 is 2.00 bits per heavy atom. The molecule has 0 amide bonds. The van der Waals surface area contributed by atoms with Gasteiger partial charge in [0.2, 0.25) is 0 Å². The lowest BCUT2D eigenvalue weighted by Crippen LogP contribution is -2.02. The van der Waals surface area contributed by atoms with E-state index in [9.17, 15) is 9.59 Å². The summed E-state index contributed by atoms with van der Waals surface area (Å²) in [5.74, 6) is -1.06. The number of carboxylic acids is 1. The van der Waals surface area contributed by atoms with Gasteiger partial charge in [-0.3, -0.25) is 4.79 Å². The average molecular weight is 278 g/mol. The van der Waals surface area contributed by atoms with Gasteiger partial charge in [0.1, 0.15) is 0 Å². The van der Waals surface area contributed by atoms with Crippen LogP contribution in [0.2, 0.25) is 5.02 Å². The summed E-state index contributed by atoms with van der Waals surface area (Å²) >= 11 is 5.96. The molecule has 1 aromatic carbocycles. The van der Waals surface area contributed by atoms with E-state index in [2.05, 4.69) is 0 Å². The van der Waals surface area contributed by atoms with Gasteiger partial charge in [0.05, 0.1) is 10.6 Å². The number of carbonyl (C=O) groups is 2. The summed E-state index contributed by atoms with van der Waals surface area (Å²) in [7, 11) is 0. The molecule has 1 N–H and O–H groups in total. The Kier molecular flexibility index (Phi) is 3.44. The smallest absolute Gasteiger partial charge is 0.337 e. The third-order valence-corrected chi connectivity index (χ3v) is 3.35. The number of nitrogens with zero attached hydrogens (tertiary/aromatic N) is 1. The van der Waals surface area contributed by atoms with Crippen LogP contribution in [-0.4, -0.2) is 21.9 Å². The van der Waals surface area contributed by atoms with Crippen LogP contribution in [-0.2, 0) is 0 Å². The molecule has 98 valence electrons. The Morgan fingerprint density at radius 3 is 2.47 bits per heavy atom. The van der Waals surface area contributed by atoms with Crippen LogP contribution in [0, 0.1) is 13.8 Å². The zero-order valence-corrected chi connectivity index (χ0v) is 11.2. The molecule has 5 heteroatoms. The maximum atomic E-state index is 10.9. The predicted molar refractivity (Wildman–Crippen MR) is 72.6 cm³/mol. The van der Waals surface area contributed by atoms with E-state index in [-0.39, 0.29) is 10.6 Å². The van der Waals surface area contributed by atoms with Gasteiger partial charge in [-0.15, -0.1) is 0 Å². The van der Waals surface area contributed by atoms with Crippen molar-refractivity contribution in [2.45, 2.75) is 13.8 Å². The first-order valence-corrected chi connectivity index (χ1v) is 6.01. The fourth-order valence-corrected chi connectivity index (χ4v) is 2.38. The van der Waals surface area contributed by atoms with Crippen LogP contribution in [0.3, 0.4) is 0 Å². The van der Waals surface area contributed by atoms with Crippen molar-refractivity contribution in [2.75, 3.05) is 0 Å². The van der Waals surface area contributed by atoms with Crippen molar-refractivity contribution in [1.82, 2.24) is 4.57 Å². The number of benzene rings is 1. The minimum atomic E-state index is -1.06. The number of rotatable bonds is 3. The van der Waals surface area contributed by atoms with Crippen molar-refractivity contribution in [3.63, 3.8) is 0 Å². The van der Waals surface area contributed by atoms with Crippen molar-refractivity contribution in [1.29, 1.82) is 0 Å². The number of aldehydes is 1. The molecule has 0 unspecified atom stereocenters. The molecule has 0 aliphatic heterocycles. The highest BCUT2D eigenvalue weighted by atomic mass is 35.5. The first-order chi connectivity index (χ1) is 8.95. The van der Waals surface area contributed by atoms with Gasteiger partial charge in [-0.05, 0) is 38.1 Å². The lowest BCUT2D eigenvalue weighted by Gasteiger charge is -2.11. The van der Waals surface area contributed by atoms with Crippen LogP contribution in [0.5, 0.6) is 0 Å². The zero-order valence-electron chi connectivity index (χ0n) is 10.5. The van der Waals surface area contributed by atoms with Gasteiger partial charge in [0.15, 0.2) is 6.29 Å². The molecule has 4 nitrogen and oxygen atoms in total. The predicted octanol–water partition coefficient (Wildman–Crippen LogP) is 3.26. The highest BCUT2D eigenvalue weighted by Gasteiger charge is 2.13. The molecule has 0 aliphatic carbocycles. The van der Waals surface area contributed by atoms with Crippen LogP contribution in [0.25, 0.3) is 5.69 Å². The minimum absolute atomic E-state index is 0.0588. The molecule has 0 saturated carbocycles. The quantitative estimate of drug-likeness (QED) is 0.876. The van der Waals surface area contributed by atoms with Crippen LogP contribution in [0.4, 0.5) is 0 Å². The highest BCUT2D eigenvalue weighted by Crippen LogP contribution is 2.24. The monoisotopic (exact) mass is 277 g/mol. The molecule has 0 aliphatic rings. The molecule has 0 saturated heterocycles. The van der Waals surface area contributed by atoms with Crippen molar-refractivity contribution in [3.05, 3.63) is 51.8 Å². The molecule has 1 aromatic heterocycles. The van der Waals surface area contributed by atoms with Gasteiger partial charge in [-0.1, -0.05) is 11.6 Å². The fourth-order valence-electron chi connectivity index (χ4n) is 2.12. The summed E-state index contributed by atoms with van der Waals surface area (Å²) in [6.45, 7) is 3.70. The largest absolute Gasteiger partial charge is 0.478 e. The molecule has 0 radical (unpaired) electrons. The number of carbonyl (C=O) groups excluding carboxylic acids is 1. The van der Waals surface area contributed by atoms with E-state index in [4.69, 9.17) is 16.7 Å². The number of carboxylic acid groups (broad SMARTS) is 1. The number of halogens is 1. The molecular formula is C14H12ClNO3. The van der Waals surface area contributed by atoms with Crippen molar-refractivity contribution in [2.24, 2.45) is 0 Å². The fraction of sp³-hybridized carbons (Fsp3) is 0.143.